The summed E-state index contributed by atoms with van der Waals surface area (Å²) in [6, 6.07) is 1.79. The third-order valence-electron chi connectivity index (χ3n) is 2.90. The lowest BCUT2D eigenvalue weighted by Crippen LogP contribution is -2.14. The summed E-state index contributed by atoms with van der Waals surface area (Å²) in [7, 11) is 1.96. The Balaban J connectivity index is 1.69. The van der Waals surface area contributed by atoms with Gasteiger partial charge in [-0.05, 0) is 6.07 Å². The van der Waals surface area contributed by atoms with Crippen molar-refractivity contribution in [1.82, 2.24) is 34.3 Å². The predicted molar refractivity (Wildman–Crippen MR) is 76.8 cm³/mol. The molecule has 0 saturated heterocycles. The van der Waals surface area contributed by atoms with Crippen molar-refractivity contribution in [2.75, 3.05) is 17.6 Å². The Morgan fingerprint density at radius 2 is 2.10 bits per heavy atom. The zero-order valence-corrected chi connectivity index (χ0v) is 11.5. The van der Waals surface area contributed by atoms with Crippen LogP contribution in [0.25, 0.3) is 5.95 Å². The van der Waals surface area contributed by atoms with Gasteiger partial charge >= 0.3 is 0 Å². The van der Waals surface area contributed by atoms with Crippen molar-refractivity contribution in [3.63, 3.8) is 0 Å². The molecule has 0 fully saturated rings. The van der Waals surface area contributed by atoms with Crippen molar-refractivity contribution >= 4 is 11.9 Å². The normalized spacial score (nSPS) is 10.7. The first-order chi connectivity index (χ1) is 10.2. The SMILES string of the molecule is Cn1ccnc1CCNc1nc(N)nc(-n2cccn2)n1. The second-order valence-corrected chi connectivity index (χ2v) is 4.40. The van der Waals surface area contributed by atoms with Crippen LogP contribution in [0.5, 0.6) is 0 Å². The zero-order valence-electron chi connectivity index (χ0n) is 11.5. The average Bonchev–Trinajstić information content (AvgIpc) is 3.10. The molecule has 0 spiro atoms. The van der Waals surface area contributed by atoms with E-state index in [9.17, 15) is 0 Å². The van der Waals surface area contributed by atoms with Crippen LogP contribution in [0.2, 0.25) is 0 Å². The molecule has 0 amide bonds. The number of nitrogen functional groups attached to an aromatic ring is 1. The maximum absolute atomic E-state index is 5.70. The molecule has 0 bridgehead atoms. The summed E-state index contributed by atoms with van der Waals surface area (Å²) in [5.41, 5.74) is 5.70. The quantitative estimate of drug-likeness (QED) is 0.680. The van der Waals surface area contributed by atoms with Crippen LogP contribution in [0.1, 0.15) is 5.82 Å². The first kappa shape index (κ1) is 13.0. The smallest absolute Gasteiger partial charge is 0.257 e. The van der Waals surface area contributed by atoms with E-state index >= 15 is 0 Å². The molecule has 9 nitrogen and oxygen atoms in total. The maximum Gasteiger partial charge on any atom is 0.257 e. The highest BCUT2D eigenvalue weighted by molar-refractivity contribution is 5.34. The van der Waals surface area contributed by atoms with E-state index in [0.717, 1.165) is 12.2 Å². The van der Waals surface area contributed by atoms with Crippen LogP contribution in [0.4, 0.5) is 11.9 Å². The van der Waals surface area contributed by atoms with Gasteiger partial charge in [0.15, 0.2) is 0 Å². The first-order valence-corrected chi connectivity index (χ1v) is 6.44. The predicted octanol–water partition coefficient (Wildman–Crippen LogP) is 0.0276. The van der Waals surface area contributed by atoms with E-state index in [0.29, 0.717) is 18.4 Å². The van der Waals surface area contributed by atoms with Crippen LogP contribution in [0.3, 0.4) is 0 Å². The molecule has 0 saturated carbocycles. The number of aryl methyl sites for hydroxylation is 1. The molecule has 9 heteroatoms. The summed E-state index contributed by atoms with van der Waals surface area (Å²) >= 11 is 0. The number of imidazole rings is 1. The molecule has 3 N–H and O–H groups in total. The summed E-state index contributed by atoms with van der Waals surface area (Å²) in [5, 5.41) is 7.19. The second-order valence-electron chi connectivity index (χ2n) is 4.40. The third kappa shape index (κ3) is 2.96. The fraction of sp³-hybridized carbons (Fsp3) is 0.250. The molecule has 0 atom stereocenters. The maximum atomic E-state index is 5.70. The van der Waals surface area contributed by atoms with Gasteiger partial charge in [-0.3, -0.25) is 0 Å². The Kier molecular flexibility index (Phi) is 3.46. The van der Waals surface area contributed by atoms with Crippen LogP contribution in [-0.4, -0.2) is 40.8 Å². The molecular formula is C12H15N9. The lowest BCUT2D eigenvalue weighted by molar-refractivity contribution is 0.778. The minimum atomic E-state index is 0.148. The van der Waals surface area contributed by atoms with Gasteiger partial charge in [-0.1, -0.05) is 0 Å². The molecule has 0 unspecified atom stereocenters. The Hall–Kier alpha value is -2.97. The Morgan fingerprint density at radius 3 is 2.81 bits per heavy atom. The van der Waals surface area contributed by atoms with Gasteiger partial charge in [0.2, 0.25) is 11.9 Å². The summed E-state index contributed by atoms with van der Waals surface area (Å²) in [6.07, 6.45) is 7.82. The molecule has 0 aromatic carbocycles. The molecule has 3 aromatic rings. The zero-order chi connectivity index (χ0) is 14.7. The standard InChI is InChI=1S/C12H15N9/c1-20-8-6-14-9(20)3-5-15-11-17-10(13)18-12(19-11)21-7-2-4-16-21/h2,4,6-8H,3,5H2,1H3,(H3,13,15,17,18,19). The van der Waals surface area contributed by atoms with Gasteiger partial charge in [-0.25, -0.2) is 9.67 Å². The number of hydrogen-bond donors (Lipinski definition) is 2. The van der Waals surface area contributed by atoms with Gasteiger partial charge in [-0.15, -0.1) is 0 Å². The van der Waals surface area contributed by atoms with E-state index in [1.807, 2.05) is 17.8 Å². The molecule has 108 valence electrons. The lowest BCUT2D eigenvalue weighted by Gasteiger charge is -2.07. The van der Waals surface area contributed by atoms with Gasteiger partial charge in [0.25, 0.3) is 5.95 Å². The van der Waals surface area contributed by atoms with Crippen LogP contribution < -0.4 is 11.1 Å². The van der Waals surface area contributed by atoms with E-state index in [1.165, 1.54) is 4.68 Å². The number of hydrogen-bond acceptors (Lipinski definition) is 7. The summed E-state index contributed by atoms with van der Waals surface area (Å²) < 4.78 is 3.50. The fourth-order valence-corrected chi connectivity index (χ4v) is 1.87. The Labute approximate surface area is 120 Å². The van der Waals surface area contributed by atoms with Gasteiger partial charge < -0.3 is 15.6 Å². The Bertz CT molecular complexity index is 716. The van der Waals surface area contributed by atoms with Crippen molar-refractivity contribution < 1.29 is 0 Å². The van der Waals surface area contributed by atoms with E-state index in [4.69, 9.17) is 5.73 Å². The highest BCUT2D eigenvalue weighted by Gasteiger charge is 2.06. The number of rotatable bonds is 5. The molecule has 3 aromatic heterocycles. The van der Waals surface area contributed by atoms with Crippen LogP contribution in [0.15, 0.2) is 30.9 Å². The summed E-state index contributed by atoms with van der Waals surface area (Å²) in [6.45, 7) is 0.646. The number of nitrogens with two attached hydrogens (primary N) is 1. The number of aromatic nitrogens is 7. The van der Waals surface area contributed by atoms with E-state index in [1.54, 1.807) is 24.7 Å². The topological polar surface area (TPSA) is 112 Å². The molecular weight excluding hydrogens is 270 g/mol. The molecule has 3 rings (SSSR count). The fourth-order valence-electron chi connectivity index (χ4n) is 1.87. The van der Waals surface area contributed by atoms with Crippen molar-refractivity contribution in [2.24, 2.45) is 7.05 Å². The van der Waals surface area contributed by atoms with Gasteiger partial charge in [0, 0.05) is 44.8 Å². The van der Waals surface area contributed by atoms with Crippen LogP contribution >= 0.6 is 0 Å². The highest BCUT2D eigenvalue weighted by Crippen LogP contribution is 2.06. The molecule has 0 radical (unpaired) electrons. The van der Waals surface area contributed by atoms with Gasteiger partial charge in [0.1, 0.15) is 5.82 Å². The highest BCUT2D eigenvalue weighted by atomic mass is 15.4. The van der Waals surface area contributed by atoms with E-state index < -0.39 is 0 Å². The van der Waals surface area contributed by atoms with Crippen LogP contribution in [-0.2, 0) is 13.5 Å². The van der Waals surface area contributed by atoms with Crippen molar-refractivity contribution in [3.05, 3.63) is 36.7 Å². The van der Waals surface area contributed by atoms with Crippen molar-refractivity contribution in [3.8, 4) is 5.95 Å². The lowest BCUT2D eigenvalue weighted by atomic mass is 10.4. The second kappa shape index (κ2) is 5.57. The van der Waals surface area contributed by atoms with E-state index in [-0.39, 0.29) is 5.95 Å². The number of nitrogens with one attached hydrogen (secondary N) is 1. The molecule has 21 heavy (non-hydrogen) atoms. The van der Waals surface area contributed by atoms with Gasteiger partial charge in [-0.2, -0.15) is 20.1 Å². The minimum Gasteiger partial charge on any atom is -0.368 e. The number of anilines is 2. The molecule has 0 aliphatic carbocycles. The monoisotopic (exact) mass is 285 g/mol. The number of nitrogens with zero attached hydrogens (tertiary/aromatic N) is 7. The van der Waals surface area contributed by atoms with Gasteiger partial charge in [0.05, 0.1) is 0 Å². The Morgan fingerprint density at radius 1 is 1.19 bits per heavy atom. The molecule has 0 aliphatic rings. The summed E-state index contributed by atoms with van der Waals surface area (Å²) in [4.78, 5) is 16.6. The largest absolute Gasteiger partial charge is 0.368 e. The van der Waals surface area contributed by atoms with Crippen LogP contribution in [0, 0.1) is 0 Å². The minimum absolute atomic E-state index is 0.148. The molecule has 0 aliphatic heterocycles. The molecule has 3 heterocycles. The average molecular weight is 285 g/mol. The van der Waals surface area contributed by atoms with Crippen molar-refractivity contribution in [2.45, 2.75) is 6.42 Å². The summed E-state index contributed by atoms with van der Waals surface area (Å²) in [5.74, 6) is 1.93. The van der Waals surface area contributed by atoms with Crippen molar-refractivity contribution in [1.29, 1.82) is 0 Å². The first-order valence-electron chi connectivity index (χ1n) is 6.44. The third-order valence-corrected chi connectivity index (χ3v) is 2.90. The van der Waals surface area contributed by atoms with E-state index in [2.05, 4.69) is 30.4 Å².